The maximum absolute atomic E-state index is 12.3. The number of halogens is 1. The molecule has 0 aliphatic carbocycles. The second-order valence-corrected chi connectivity index (χ2v) is 7.24. The summed E-state index contributed by atoms with van der Waals surface area (Å²) in [5.41, 5.74) is 2.44. The Hall–Kier alpha value is -2.93. The van der Waals surface area contributed by atoms with Gasteiger partial charge in [0, 0.05) is 18.1 Å². The molecule has 3 aromatic rings. The summed E-state index contributed by atoms with van der Waals surface area (Å²) in [5, 5.41) is 7.87. The number of carbonyl (C=O) groups excluding carboxylic acids is 1. The highest BCUT2D eigenvalue weighted by atomic mass is 35.5. The molecule has 144 valence electrons. The van der Waals surface area contributed by atoms with Crippen LogP contribution in [0, 0.1) is 0 Å². The topological polar surface area (TPSA) is 75.9 Å². The molecule has 0 bridgehead atoms. The van der Waals surface area contributed by atoms with Gasteiger partial charge in [0.1, 0.15) is 12.0 Å². The summed E-state index contributed by atoms with van der Waals surface area (Å²) in [6, 6.07) is 7.28. The van der Waals surface area contributed by atoms with Crippen LogP contribution in [0.4, 0.5) is 11.4 Å². The van der Waals surface area contributed by atoms with Gasteiger partial charge >= 0.3 is 0 Å². The molecular formula is C20H21ClN6O. The molecule has 1 N–H and O–H groups in total. The molecule has 1 amide bonds. The van der Waals surface area contributed by atoms with Crippen molar-refractivity contribution in [3.63, 3.8) is 0 Å². The first-order valence-electron chi connectivity index (χ1n) is 9.33. The third-order valence-electron chi connectivity index (χ3n) is 4.71. The van der Waals surface area contributed by atoms with E-state index in [1.807, 2.05) is 18.3 Å². The van der Waals surface area contributed by atoms with Crippen molar-refractivity contribution in [2.75, 3.05) is 23.3 Å². The Bertz CT molecular complexity index is 967. The molecular weight excluding hydrogens is 376 g/mol. The maximum Gasteiger partial charge on any atom is 0.228 e. The van der Waals surface area contributed by atoms with Crippen LogP contribution in [0.3, 0.4) is 0 Å². The smallest absolute Gasteiger partial charge is 0.228 e. The molecule has 4 rings (SSSR count). The summed E-state index contributed by atoms with van der Waals surface area (Å²) in [7, 11) is 0. The lowest BCUT2D eigenvalue weighted by atomic mass is 10.1. The highest BCUT2D eigenvalue weighted by Crippen LogP contribution is 2.25. The van der Waals surface area contributed by atoms with Crippen molar-refractivity contribution in [1.82, 2.24) is 19.7 Å². The molecule has 0 atom stereocenters. The molecule has 28 heavy (non-hydrogen) atoms. The van der Waals surface area contributed by atoms with E-state index < -0.39 is 0 Å². The molecule has 2 aromatic heterocycles. The number of piperidine rings is 1. The quantitative estimate of drug-likeness (QED) is 0.714. The molecule has 8 heteroatoms. The van der Waals surface area contributed by atoms with Crippen LogP contribution >= 0.6 is 11.6 Å². The van der Waals surface area contributed by atoms with E-state index in [2.05, 4.69) is 25.3 Å². The van der Waals surface area contributed by atoms with Crippen molar-refractivity contribution in [2.24, 2.45) is 0 Å². The van der Waals surface area contributed by atoms with Gasteiger partial charge in [0.2, 0.25) is 5.91 Å². The van der Waals surface area contributed by atoms with Crippen molar-refractivity contribution >= 4 is 28.9 Å². The molecule has 0 spiro atoms. The fraction of sp³-hybridized carbons (Fsp3) is 0.300. The largest absolute Gasteiger partial charge is 0.367 e. The van der Waals surface area contributed by atoms with Gasteiger partial charge in [-0.25, -0.2) is 14.6 Å². The van der Waals surface area contributed by atoms with Gasteiger partial charge in [0.25, 0.3) is 0 Å². The summed E-state index contributed by atoms with van der Waals surface area (Å²) in [4.78, 5) is 23.2. The second kappa shape index (κ2) is 8.39. The number of carbonyl (C=O) groups is 1. The van der Waals surface area contributed by atoms with Crippen molar-refractivity contribution < 1.29 is 4.79 Å². The number of hydrogen-bond donors (Lipinski definition) is 1. The maximum atomic E-state index is 12.3. The molecule has 7 nitrogen and oxygen atoms in total. The standard InChI is InChI=1S/C20H21ClN6O/c21-16-6-4-5-15(9-16)10-19(28)25-17-11-24-27(13-17)20-18(12-22-14-23-20)26-7-2-1-3-8-26/h4-6,9,11-14H,1-3,7-8,10H2,(H,25,28). The van der Waals surface area contributed by atoms with Crippen LogP contribution < -0.4 is 10.2 Å². The minimum Gasteiger partial charge on any atom is -0.367 e. The number of amides is 1. The third kappa shape index (κ3) is 4.31. The Morgan fingerprint density at radius 3 is 2.86 bits per heavy atom. The number of nitrogens with one attached hydrogen (secondary N) is 1. The summed E-state index contributed by atoms with van der Waals surface area (Å²) >= 11 is 5.98. The number of anilines is 2. The second-order valence-electron chi connectivity index (χ2n) is 6.81. The average Bonchev–Trinajstić information content (AvgIpc) is 3.17. The van der Waals surface area contributed by atoms with Gasteiger partial charge in [-0.05, 0) is 37.0 Å². The summed E-state index contributed by atoms with van der Waals surface area (Å²) in [6.45, 7) is 1.98. The average molecular weight is 397 g/mol. The fourth-order valence-corrected chi connectivity index (χ4v) is 3.60. The zero-order valence-corrected chi connectivity index (χ0v) is 16.1. The van der Waals surface area contributed by atoms with E-state index in [1.54, 1.807) is 29.2 Å². The van der Waals surface area contributed by atoms with Crippen molar-refractivity contribution in [3.05, 3.63) is 59.8 Å². The van der Waals surface area contributed by atoms with Gasteiger partial charge < -0.3 is 10.2 Å². The van der Waals surface area contributed by atoms with E-state index in [1.165, 1.54) is 12.7 Å². The van der Waals surface area contributed by atoms with E-state index in [4.69, 9.17) is 11.6 Å². The molecule has 1 fully saturated rings. The van der Waals surface area contributed by atoms with Crippen LogP contribution in [0.1, 0.15) is 24.8 Å². The first-order valence-corrected chi connectivity index (χ1v) is 9.71. The minimum absolute atomic E-state index is 0.124. The van der Waals surface area contributed by atoms with E-state index in [0.29, 0.717) is 16.5 Å². The van der Waals surface area contributed by atoms with Crippen LogP contribution in [0.5, 0.6) is 0 Å². The molecule has 0 radical (unpaired) electrons. The lowest BCUT2D eigenvalue weighted by Crippen LogP contribution is -2.30. The molecule has 1 aromatic carbocycles. The van der Waals surface area contributed by atoms with Gasteiger partial charge in [0.15, 0.2) is 5.82 Å². The van der Waals surface area contributed by atoms with Crippen LogP contribution in [-0.2, 0) is 11.2 Å². The summed E-state index contributed by atoms with van der Waals surface area (Å²) < 4.78 is 1.68. The predicted octanol–water partition coefficient (Wildman–Crippen LogP) is 3.49. The minimum atomic E-state index is -0.124. The van der Waals surface area contributed by atoms with Crippen LogP contribution in [-0.4, -0.2) is 38.7 Å². The molecule has 1 aliphatic rings. The Morgan fingerprint density at radius 1 is 1.18 bits per heavy atom. The normalized spacial score (nSPS) is 14.1. The van der Waals surface area contributed by atoms with Gasteiger partial charge in [-0.2, -0.15) is 5.10 Å². The third-order valence-corrected chi connectivity index (χ3v) is 4.94. The van der Waals surface area contributed by atoms with Gasteiger partial charge in [0.05, 0.1) is 30.7 Å². The first kappa shape index (κ1) is 18.4. The zero-order chi connectivity index (χ0) is 19.3. The first-order chi connectivity index (χ1) is 13.7. The van der Waals surface area contributed by atoms with Crippen LogP contribution in [0.2, 0.25) is 5.02 Å². The van der Waals surface area contributed by atoms with E-state index in [0.717, 1.165) is 37.2 Å². The molecule has 1 saturated heterocycles. The lowest BCUT2D eigenvalue weighted by Gasteiger charge is -2.29. The highest BCUT2D eigenvalue weighted by molar-refractivity contribution is 6.30. The molecule has 0 unspecified atom stereocenters. The van der Waals surface area contributed by atoms with Gasteiger partial charge in [-0.15, -0.1) is 0 Å². The summed E-state index contributed by atoms with van der Waals surface area (Å²) in [6.07, 6.45) is 10.6. The van der Waals surface area contributed by atoms with Crippen LogP contribution in [0.25, 0.3) is 5.82 Å². The highest BCUT2D eigenvalue weighted by Gasteiger charge is 2.17. The Balaban J connectivity index is 1.48. The van der Waals surface area contributed by atoms with Gasteiger partial charge in [-0.3, -0.25) is 4.79 Å². The van der Waals surface area contributed by atoms with Crippen molar-refractivity contribution in [2.45, 2.75) is 25.7 Å². The number of nitrogens with zero attached hydrogens (tertiary/aromatic N) is 5. The Labute approximate surface area is 168 Å². The number of benzene rings is 1. The van der Waals surface area contributed by atoms with E-state index in [9.17, 15) is 4.79 Å². The van der Waals surface area contributed by atoms with Crippen LogP contribution in [0.15, 0.2) is 49.2 Å². The number of hydrogen-bond acceptors (Lipinski definition) is 5. The van der Waals surface area contributed by atoms with Gasteiger partial charge in [-0.1, -0.05) is 23.7 Å². The molecule has 3 heterocycles. The monoisotopic (exact) mass is 396 g/mol. The Kier molecular flexibility index (Phi) is 5.53. The van der Waals surface area contributed by atoms with E-state index >= 15 is 0 Å². The number of aromatic nitrogens is 4. The number of rotatable bonds is 5. The Morgan fingerprint density at radius 2 is 2.04 bits per heavy atom. The van der Waals surface area contributed by atoms with Crippen molar-refractivity contribution in [3.8, 4) is 5.82 Å². The fourth-order valence-electron chi connectivity index (χ4n) is 3.39. The summed E-state index contributed by atoms with van der Waals surface area (Å²) in [5.74, 6) is 0.591. The van der Waals surface area contributed by atoms with Crippen molar-refractivity contribution in [1.29, 1.82) is 0 Å². The zero-order valence-electron chi connectivity index (χ0n) is 15.4. The van der Waals surface area contributed by atoms with E-state index in [-0.39, 0.29) is 12.3 Å². The predicted molar refractivity (Wildman–Crippen MR) is 109 cm³/mol. The molecule has 0 saturated carbocycles. The SMILES string of the molecule is O=C(Cc1cccc(Cl)c1)Nc1cnn(-c2ncncc2N2CCCCC2)c1. The lowest BCUT2D eigenvalue weighted by molar-refractivity contribution is -0.115. The molecule has 1 aliphatic heterocycles.